The topological polar surface area (TPSA) is 66.9 Å². The van der Waals surface area contributed by atoms with Crippen molar-refractivity contribution >= 4 is 35.1 Å². The van der Waals surface area contributed by atoms with E-state index in [0.29, 0.717) is 43.2 Å². The zero-order valence-corrected chi connectivity index (χ0v) is 19.1. The average Bonchev–Trinajstić information content (AvgIpc) is 2.79. The van der Waals surface area contributed by atoms with Gasteiger partial charge in [-0.25, -0.2) is 4.39 Å². The molecule has 1 saturated heterocycles. The Morgan fingerprint density at radius 1 is 1.03 bits per heavy atom. The van der Waals surface area contributed by atoms with Gasteiger partial charge in [0, 0.05) is 42.4 Å². The van der Waals surface area contributed by atoms with E-state index in [1.165, 1.54) is 18.6 Å². The van der Waals surface area contributed by atoms with Gasteiger partial charge in [-0.1, -0.05) is 17.7 Å². The summed E-state index contributed by atoms with van der Waals surface area (Å²) >= 11 is 1.57. The molecule has 0 N–H and O–H groups in total. The number of hydrogen-bond acceptors (Lipinski definition) is 6. The van der Waals surface area contributed by atoms with Gasteiger partial charge in [0.05, 0.1) is 12.1 Å². The van der Waals surface area contributed by atoms with E-state index >= 15 is 0 Å². The number of hydrogen-bond donors (Lipinski definition) is 0. The number of carbonyl (C=O) groups excluding carboxylic acids is 3. The van der Waals surface area contributed by atoms with Crippen LogP contribution < -0.4 is 4.90 Å². The fraction of sp³-hybridized carbons (Fsp3) is 0.375. The number of rotatable bonds is 8. The zero-order valence-electron chi connectivity index (χ0n) is 18.3. The number of ketones is 1. The third-order valence-corrected chi connectivity index (χ3v) is 6.29. The Bertz CT molecular complexity index is 972. The summed E-state index contributed by atoms with van der Waals surface area (Å²) in [4.78, 5) is 40.3. The van der Waals surface area contributed by atoms with Gasteiger partial charge < -0.3 is 14.5 Å². The summed E-state index contributed by atoms with van der Waals surface area (Å²) in [5.74, 6) is -0.701. The zero-order chi connectivity index (χ0) is 23.1. The van der Waals surface area contributed by atoms with E-state index in [1.807, 2.05) is 36.1 Å². The first-order valence-corrected chi connectivity index (χ1v) is 11.5. The number of halogens is 1. The fourth-order valence-electron chi connectivity index (χ4n) is 3.37. The lowest BCUT2D eigenvalue weighted by atomic mass is 10.1. The Morgan fingerprint density at radius 3 is 2.34 bits per heavy atom. The Morgan fingerprint density at radius 2 is 1.72 bits per heavy atom. The van der Waals surface area contributed by atoms with Gasteiger partial charge in [0.2, 0.25) is 0 Å². The third-order valence-electron chi connectivity index (χ3n) is 5.28. The molecule has 0 aliphatic carbocycles. The van der Waals surface area contributed by atoms with E-state index in [1.54, 1.807) is 28.8 Å². The molecule has 1 aliphatic heterocycles. The van der Waals surface area contributed by atoms with E-state index in [4.69, 9.17) is 4.74 Å². The number of anilines is 1. The van der Waals surface area contributed by atoms with Gasteiger partial charge in [-0.15, -0.1) is 11.8 Å². The molecule has 1 heterocycles. The monoisotopic (exact) mass is 458 g/mol. The molecule has 32 heavy (non-hydrogen) atoms. The molecular weight excluding hydrogens is 431 g/mol. The van der Waals surface area contributed by atoms with Crippen LogP contribution in [-0.4, -0.2) is 61.1 Å². The van der Waals surface area contributed by atoms with E-state index in [0.717, 1.165) is 4.90 Å². The van der Waals surface area contributed by atoms with Crippen molar-refractivity contribution in [3.63, 3.8) is 0 Å². The van der Waals surface area contributed by atoms with Crippen molar-refractivity contribution in [3.05, 3.63) is 59.4 Å². The number of benzene rings is 2. The summed E-state index contributed by atoms with van der Waals surface area (Å²) in [5.41, 5.74) is 1.93. The first-order valence-electron chi connectivity index (χ1n) is 10.5. The van der Waals surface area contributed by atoms with Gasteiger partial charge in [0.1, 0.15) is 5.82 Å². The second kappa shape index (κ2) is 11.1. The van der Waals surface area contributed by atoms with Crippen LogP contribution in [0.3, 0.4) is 0 Å². The highest BCUT2D eigenvalue weighted by Crippen LogP contribution is 2.22. The Labute approximate surface area is 191 Å². The van der Waals surface area contributed by atoms with Gasteiger partial charge in [0.15, 0.2) is 12.4 Å². The van der Waals surface area contributed by atoms with Gasteiger partial charge in [-0.3, -0.25) is 14.4 Å². The SMILES string of the molecule is CC(=O)c1ccc(N2CCN(C(=O)COC(=O)CCSc3ccc(C)cc3)CC2)c(F)c1. The maximum atomic E-state index is 14.4. The molecule has 0 radical (unpaired) electrons. The van der Waals surface area contributed by atoms with Crippen LogP contribution in [0.1, 0.15) is 29.3 Å². The highest BCUT2D eigenvalue weighted by Gasteiger charge is 2.24. The van der Waals surface area contributed by atoms with E-state index in [2.05, 4.69) is 0 Å². The Kier molecular flexibility index (Phi) is 8.27. The molecule has 1 fully saturated rings. The fourth-order valence-corrected chi connectivity index (χ4v) is 4.20. The smallest absolute Gasteiger partial charge is 0.307 e. The molecule has 0 unspecified atom stereocenters. The van der Waals surface area contributed by atoms with Gasteiger partial charge in [-0.2, -0.15) is 0 Å². The van der Waals surface area contributed by atoms with Crippen LogP contribution in [-0.2, 0) is 14.3 Å². The standard InChI is InChI=1S/C24H27FN2O4S/c1-17-3-6-20(7-4-17)32-14-9-24(30)31-16-23(29)27-12-10-26(11-13-27)22-8-5-19(18(2)28)15-21(22)25/h3-8,15H,9-14,16H2,1-2H3. The van der Waals surface area contributed by atoms with Gasteiger partial charge in [-0.05, 0) is 44.2 Å². The van der Waals surface area contributed by atoms with E-state index < -0.39 is 11.8 Å². The van der Waals surface area contributed by atoms with Crippen molar-refractivity contribution in [1.82, 2.24) is 4.90 Å². The van der Waals surface area contributed by atoms with Crippen LogP contribution >= 0.6 is 11.8 Å². The molecule has 2 aromatic carbocycles. The number of nitrogens with zero attached hydrogens (tertiary/aromatic N) is 2. The second-order valence-corrected chi connectivity index (χ2v) is 8.83. The lowest BCUT2D eigenvalue weighted by Crippen LogP contribution is -2.50. The largest absolute Gasteiger partial charge is 0.456 e. The minimum Gasteiger partial charge on any atom is -0.456 e. The number of carbonyl (C=O) groups is 3. The summed E-state index contributed by atoms with van der Waals surface area (Å²) in [5, 5.41) is 0. The molecule has 8 heteroatoms. The molecule has 0 bridgehead atoms. The normalized spacial score (nSPS) is 13.7. The van der Waals surface area contributed by atoms with Crippen LogP contribution in [0.4, 0.5) is 10.1 Å². The van der Waals surface area contributed by atoms with Gasteiger partial charge in [0.25, 0.3) is 5.91 Å². The number of Topliss-reactive ketones (excluding diaryl/α,β-unsaturated/α-hetero) is 1. The number of ether oxygens (including phenoxy) is 1. The number of amides is 1. The minimum absolute atomic E-state index is 0.186. The lowest BCUT2D eigenvalue weighted by Gasteiger charge is -2.36. The van der Waals surface area contributed by atoms with Crippen molar-refractivity contribution in [3.8, 4) is 0 Å². The maximum Gasteiger partial charge on any atom is 0.307 e. The molecular formula is C24H27FN2O4S. The summed E-state index contributed by atoms with van der Waals surface area (Å²) in [7, 11) is 0. The summed E-state index contributed by atoms with van der Waals surface area (Å²) in [6, 6.07) is 12.5. The third kappa shape index (κ3) is 6.56. The van der Waals surface area contributed by atoms with Crippen molar-refractivity contribution in [2.45, 2.75) is 25.2 Å². The molecule has 3 rings (SSSR count). The van der Waals surface area contributed by atoms with Crippen LogP contribution in [0.15, 0.2) is 47.4 Å². The predicted molar refractivity (Wildman–Crippen MR) is 123 cm³/mol. The minimum atomic E-state index is -0.449. The highest BCUT2D eigenvalue weighted by atomic mass is 32.2. The number of thioether (sulfide) groups is 1. The van der Waals surface area contributed by atoms with Gasteiger partial charge >= 0.3 is 5.97 Å². The van der Waals surface area contributed by atoms with Crippen molar-refractivity contribution < 1.29 is 23.5 Å². The van der Waals surface area contributed by atoms with Crippen LogP contribution in [0.25, 0.3) is 0 Å². The lowest BCUT2D eigenvalue weighted by molar-refractivity contribution is -0.151. The van der Waals surface area contributed by atoms with Crippen molar-refractivity contribution in [1.29, 1.82) is 0 Å². The van der Waals surface area contributed by atoms with Crippen LogP contribution in [0.2, 0.25) is 0 Å². The van der Waals surface area contributed by atoms with E-state index in [-0.39, 0.29) is 24.7 Å². The van der Waals surface area contributed by atoms with Crippen molar-refractivity contribution in [2.75, 3.05) is 43.4 Å². The second-order valence-electron chi connectivity index (χ2n) is 7.66. The molecule has 0 saturated carbocycles. The maximum absolute atomic E-state index is 14.4. The Balaban J connectivity index is 1.38. The summed E-state index contributed by atoms with van der Waals surface area (Å²) < 4.78 is 19.5. The number of piperazine rings is 1. The number of aryl methyl sites for hydroxylation is 1. The van der Waals surface area contributed by atoms with Crippen LogP contribution in [0, 0.1) is 12.7 Å². The number of esters is 1. The molecule has 0 atom stereocenters. The highest BCUT2D eigenvalue weighted by molar-refractivity contribution is 7.99. The molecule has 0 aromatic heterocycles. The molecule has 0 spiro atoms. The molecule has 6 nitrogen and oxygen atoms in total. The predicted octanol–water partition coefficient (Wildman–Crippen LogP) is 3.71. The van der Waals surface area contributed by atoms with Crippen LogP contribution in [0.5, 0.6) is 0 Å². The molecule has 2 aromatic rings. The van der Waals surface area contributed by atoms with Crippen molar-refractivity contribution in [2.24, 2.45) is 0 Å². The molecule has 1 amide bonds. The summed E-state index contributed by atoms with van der Waals surface area (Å²) in [6.45, 7) is 4.88. The first kappa shape index (κ1) is 23.8. The molecule has 170 valence electrons. The summed E-state index contributed by atoms with van der Waals surface area (Å²) in [6.07, 6.45) is 0.231. The Hall–Kier alpha value is -2.87. The molecule has 1 aliphatic rings. The quantitative estimate of drug-likeness (QED) is 0.341. The van der Waals surface area contributed by atoms with E-state index in [9.17, 15) is 18.8 Å². The first-order chi connectivity index (χ1) is 15.3. The average molecular weight is 459 g/mol.